The fourth-order valence-corrected chi connectivity index (χ4v) is 1.98. The molecule has 0 saturated carbocycles. The van der Waals surface area contributed by atoms with Gasteiger partial charge in [0.25, 0.3) is 5.91 Å². The third-order valence-corrected chi connectivity index (χ3v) is 3.84. The van der Waals surface area contributed by atoms with Crippen LogP contribution in [-0.4, -0.2) is 38.5 Å². The molecule has 1 aromatic rings. The summed E-state index contributed by atoms with van der Waals surface area (Å²) in [5.74, 6) is -1.73. The Morgan fingerprint density at radius 1 is 1.21 bits per heavy atom. The Labute approximate surface area is 110 Å². The van der Waals surface area contributed by atoms with Gasteiger partial charge in [0.05, 0.1) is 4.90 Å². The lowest BCUT2D eigenvalue weighted by atomic mass is 10.2. The van der Waals surface area contributed by atoms with Gasteiger partial charge in [-0.15, -0.1) is 0 Å². The zero-order valence-corrected chi connectivity index (χ0v) is 11.2. The quantitative estimate of drug-likeness (QED) is 0.693. The van der Waals surface area contributed by atoms with Crippen molar-refractivity contribution in [1.82, 2.24) is 10.0 Å². The highest BCUT2D eigenvalue weighted by Crippen LogP contribution is 2.10. The molecule has 0 fully saturated rings. The average molecular weight is 286 g/mol. The van der Waals surface area contributed by atoms with Crippen molar-refractivity contribution in [2.24, 2.45) is 0 Å². The smallest absolute Gasteiger partial charge is 0.325 e. The van der Waals surface area contributed by atoms with Gasteiger partial charge in [-0.2, -0.15) is 0 Å². The Bertz CT molecular complexity index is 580. The van der Waals surface area contributed by atoms with Crippen LogP contribution in [0.25, 0.3) is 0 Å². The van der Waals surface area contributed by atoms with Gasteiger partial charge in [0.1, 0.15) is 6.04 Å². The third-order valence-electron chi connectivity index (χ3n) is 2.41. The first-order valence-corrected chi connectivity index (χ1v) is 6.83. The molecule has 0 spiro atoms. The number of sulfonamides is 1. The molecule has 0 unspecified atom stereocenters. The van der Waals surface area contributed by atoms with E-state index in [-0.39, 0.29) is 10.5 Å². The largest absolute Gasteiger partial charge is 0.480 e. The Morgan fingerprint density at radius 2 is 1.74 bits per heavy atom. The van der Waals surface area contributed by atoms with Gasteiger partial charge < -0.3 is 10.4 Å². The number of amides is 1. The monoisotopic (exact) mass is 286 g/mol. The van der Waals surface area contributed by atoms with Gasteiger partial charge in [0.2, 0.25) is 10.0 Å². The lowest BCUT2D eigenvalue weighted by Crippen LogP contribution is -2.38. The molecular formula is C11H14N2O5S. The van der Waals surface area contributed by atoms with E-state index >= 15 is 0 Å². The van der Waals surface area contributed by atoms with Crippen LogP contribution in [-0.2, 0) is 14.8 Å². The first-order chi connectivity index (χ1) is 8.77. The summed E-state index contributed by atoms with van der Waals surface area (Å²) in [4.78, 5) is 22.3. The molecular weight excluding hydrogens is 272 g/mol. The van der Waals surface area contributed by atoms with Gasteiger partial charge in [-0.1, -0.05) is 0 Å². The Hall–Kier alpha value is -1.93. The molecule has 0 aliphatic rings. The number of carbonyl (C=O) groups excluding carboxylic acids is 1. The van der Waals surface area contributed by atoms with Crippen molar-refractivity contribution < 1.29 is 23.1 Å². The van der Waals surface area contributed by atoms with E-state index in [1.54, 1.807) is 0 Å². The summed E-state index contributed by atoms with van der Waals surface area (Å²) in [5.41, 5.74) is 0.183. The van der Waals surface area contributed by atoms with Crippen LogP contribution >= 0.6 is 0 Å². The summed E-state index contributed by atoms with van der Waals surface area (Å²) >= 11 is 0. The molecule has 1 atom stereocenters. The fourth-order valence-electron chi connectivity index (χ4n) is 1.25. The summed E-state index contributed by atoms with van der Waals surface area (Å²) in [7, 11) is -2.27. The summed E-state index contributed by atoms with van der Waals surface area (Å²) in [5, 5.41) is 10.9. The Morgan fingerprint density at radius 3 is 2.16 bits per heavy atom. The van der Waals surface area contributed by atoms with Crippen LogP contribution in [0.4, 0.5) is 0 Å². The standard InChI is InChI=1S/C11H14N2O5S/c1-7(11(15)16)13-10(14)8-3-5-9(6-4-8)19(17,18)12-2/h3-7,12H,1-2H3,(H,13,14)(H,15,16)/t7-/m0/s1. The van der Waals surface area contributed by atoms with E-state index < -0.39 is 27.9 Å². The van der Waals surface area contributed by atoms with Crippen LogP contribution in [0.3, 0.4) is 0 Å². The van der Waals surface area contributed by atoms with Crippen LogP contribution < -0.4 is 10.0 Å². The number of carboxylic acids is 1. The van der Waals surface area contributed by atoms with Crippen LogP contribution in [0.1, 0.15) is 17.3 Å². The molecule has 0 heterocycles. The molecule has 0 saturated heterocycles. The van der Waals surface area contributed by atoms with Gasteiger partial charge in [0, 0.05) is 5.56 Å². The molecule has 0 bridgehead atoms. The molecule has 0 aliphatic carbocycles. The minimum atomic E-state index is -3.55. The van der Waals surface area contributed by atoms with E-state index in [1.807, 2.05) is 0 Å². The van der Waals surface area contributed by atoms with Crippen molar-refractivity contribution in [2.75, 3.05) is 7.05 Å². The third kappa shape index (κ3) is 3.76. The maximum absolute atomic E-state index is 11.7. The first kappa shape index (κ1) is 15.1. The van der Waals surface area contributed by atoms with Crippen LogP contribution in [0.2, 0.25) is 0 Å². The van der Waals surface area contributed by atoms with E-state index in [2.05, 4.69) is 10.0 Å². The molecule has 1 amide bonds. The number of hydrogen-bond acceptors (Lipinski definition) is 4. The summed E-state index contributed by atoms with van der Waals surface area (Å²) in [6, 6.07) is 4.15. The lowest BCUT2D eigenvalue weighted by Gasteiger charge is -2.09. The highest BCUT2D eigenvalue weighted by atomic mass is 32.2. The zero-order chi connectivity index (χ0) is 14.6. The summed E-state index contributed by atoms with van der Waals surface area (Å²) in [6.07, 6.45) is 0. The zero-order valence-electron chi connectivity index (χ0n) is 10.4. The summed E-state index contributed by atoms with van der Waals surface area (Å²) in [6.45, 7) is 1.33. The van der Waals surface area contributed by atoms with E-state index in [0.29, 0.717) is 0 Å². The fraction of sp³-hybridized carbons (Fsp3) is 0.273. The highest BCUT2D eigenvalue weighted by molar-refractivity contribution is 7.89. The van der Waals surface area contributed by atoms with E-state index in [0.717, 1.165) is 0 Å². The minimum Gasteiger partial charge on any atom is -0.480 e. The minimum absolute atomic E-state index is 0.0258. The van der Waals surface area contributed by atoms with Crippen LogP contribution in [0.5, 0.6) is 0 Å². The number of aliphatic carboxylic acids is 1. The second-order valence-corrected chi connectivity index (χ2v) is 5.65. The Balaban J connectivity index is 2.88. The van der Waals surface area contributed by atoms with Crippen LogP contribution in [0.15, 0.2) is 29.2 Å². The van der Waals surface area contributed by atoms with Gasteiger partial charge >= 0.3 is 5.97 Å². The second kappa shape index (κ2) is 5.81. The van der Waals surface area contributed by atoms with Gasteiger partial charge in [0.15, 0.2) is 0 Å². The van der Waals surface area contributed by atoms with Gasteiger partial charge in [-0.05, 0) is 38.2 Å². The lowest BCUT2D eigenvalue weighted by molar-refractivity contribution is -0.138. The number of carboxylic acid groups (broad SMARTS) is 1. The first-order valence-electron chi connectivity index (χ1n) is 5.35. The molecule has 1 rings (SSSR count). The molecule has 19 heavy (non-hydrogen) atoms. The van der Waals surface area contributed by atoms with Crippen molar-refractivity contribution in [2.45, 2.75) is 17.9 Å². The van der Waals surface area contributed by atoms with Crippen molar-refractivity contribution in [3.8, 4) is 0 Å². The van der Waals surface area contributed by atoms with Gasteiger partial charge in [-0.25, -0.2) is 13.1 Å². The molecule has 1 aromatic carbocycles. The molecule has 0 radical (unpaired) electrons. The van der Waals surface area contributed by atoms with E-state index in [4.69, 9.17) is 5.11 Å². The molecule has 7 nitrogen and oxygen atoms in total. The predicted octanol–water partition coefficient (Wildman–Crippen LogP) is -0.202. The highest BCUT2D eigenvalue weighted by Gasteiger charge is 2.16. The molecule has 0 aromatic heterocycles. The second-order valence-electron chi connectivity index (χ2n) is 3.77. The number of benzene rings is 1. The normalized spacial score (nSPS) is 12.7. The van der Waals surface area contributed by atoms with Crippen molar-refractivity contribution in [3.05, 3.63) is 29.8 Å². The molecule has 3 N–H and O–H groups in total. The topological polar surface area (TPSA) is 113 Å². The average Bonchev–Trinajstić information content (AvgIpc) is 2.38. The summed E-state index contributed by atoms with van der Waals surface area (Å²) < 4.78 is 25.1. The molecule has 0 aliphatic heterocycles. The molecule has 104 valence electrons. The Kier molecular flexibility index (Phi) is 4.62. The van der Waals surface area contributed by atoms with Crippen molar-refractivity contribution in [3.63, 3.8) is 0 Å². The molecule has 8 heteroatoms. The number of rotatable bonds is 5. The maximum atomic E-state index is 11.7. The van der Waals surface area contributed by atoms with E-state index in [9.17, 15) is 18.0 Å². The number of carbonyl (C=O) groups is 2. The van der Waals surface area contributed by atoms with Gasteiger partial charge in [-0.3, -0.25) is 9.59 Å². The van der Waals surface area contributed by atoms with E-state index in [1.165, 1.54) is 38.2 Å². The SMILES string of the molecule is CNS(=O)(=O)c1ccc(C(=O)N[C@@H](C)C(=O)O)cc1. The van der Waals surface area contributed by atoms with Crippen LogP contribution in [0, 0.1) is 0 Å². The maximum Gasteiger partial charge on any atom is 0.325 e. The van der Waals surface area contributed by atoms with Crippen molar-refractivity contribution in [1.29, 1.82) is 0 Å². The number of hydrogen-bond donors (Lipinski definition) is 3. The van der Waals surface area contributed by atoms with Crippen molar-refractivity contribution >= 4 is 21.9 Å². The predicted molar refractivity (Wildman–Crippen MR) is 67.3 cm³/mol. The number of nitrogens with one attached hydrogen (secondary N) is 2.